The van der Waals surface area contributed by atoms with Gasteiger partial charge in [0.2, 0.25) is 0 Å². The summed E-state index contributed by atoms with van der Waals surface area (Å²) in [4.78, 5) is 10.8. The summed E-state index contributed by atoms with van der Waals surface area (Å²) < 4.78 is 10.8. The van der Waals surface area contributed by atoms with Crippen LogP contribution in [0.3, 0.4) is 0 Å². The molecule has 0 fully saturated rings. The fraction of sp³-hybridized carbons (Fsp3) is 1.00. The second-order valence-corrected chi connectivity index (χ2v) is 5.33. The molecule has 0 bridgehead atoms. The summed E-state index contributed by atoms with van der Waals surface area (Å²) in [5, 5.41) is 0. The SMILES string of the molecule is CCP(=O)([O-])CC(C)C.[Na+]. The van der Waals surface area contributed by atoms with Gasteiger partial charge in [0.05, 0.1) is 0 Å². The summed E-state index contributed by atoms with van der Waals surface area (Å²) in [6, 6.07) is 0. The molecule has 0 aliphatic heterocycles. The van der Waals surface area contributed by atoms with Gasteiger partial charge in [0.15, 0.2) is 0 Å². The fourth-order valence-corrected chi connectivity index (χ4v) is 2.06. The van der Waals surface area contributed by atoms with Crippen molar-refractivity contribution in [1.29, 1.82) is 0 Å². The average Bonchev–Trinajstić information content (AvgIpc) is 1.63. The van der Waals surface area contributed by atoms with Gasteiger partial charge >= 0.3 is 29.6 Å². The van der Waals surface area contributed by atoms with E-state index in [1.807, 2.05) is 13.8 Å². The topological polar surface area (TPSA) is 40.1 Å². The third kappa shape index (κ3) is 7.30. The molecule has 4 heteroatoms. The molecule has 0 saturated carbocycles. The van der Waals surface area contributed by atoms with Gasteiger partial charge in [0.1, 0.15) is 0 Å². The van der Waals surface area contributed by atoms with E-state index in [1.165, 1.54) is 0 Å². The van der Waals surface area contributed by atoms with E-state index < -0.39 is 7.37 Å². The van der Waals surface area contributed by atoms with Crippen molar-refractivity contribution >= 4 is 7.37 Å². The van der Waals surface area contributed by atoms with E-state index in [1.54, 1.807) is 6.92 Å². The maximum absolute atomic E-state index is 10.8. The van der Waals surface area contributed by atoms with Crippen LogP contribution in [0.5, 0.6) is 0 Å². The first kappa shape index (κ1) is 13.8. The van der Waals surface area contributed by atoms with Gasteiger partial charge in [-0.05, 0) is 18.2 Å². The molecule has 2 nitrogen and oxygen atoms in total. The van der Waals surface area contributed by atoms with Gasteiger partial charge < -0.3 is 9.46 Å². The minimum atomic E-state index is -2.98. The molecule has 0 aliphatic rings. The van der Waals surface area contributed by atoms with Crippen LogP contribution in [0.25, 0.3) is 0 Å². The molecule has 0 radical (unpaired) electrons. The Morgan fingerprint density at radius 3 is 2.00 bits per heavy atom. The molecular formula is C6H14NaO2P. The molecule has 0 saturated heterocycles. The zero-order chi connectivity index (χ0) is 7.49. The zero-order valence-corrected chi connectivity index (χ0v) is 10.1. The Hall–Kier alpha value is 1.19. The Kier molecular flexibility index (Phi) is 7.97. The van der Waals surface area contributed by atoms with E-state index >= 15 is 0 Å². The standard InChI is InChI=1S/C6H15O2P.Na/c1-4-9(7,8)5-6(2)3;/h6H,4-5H2,1-3H3,(H,7,8);/q;+1/p-1. The Labute approximate surface area is 85.1 Å². The van der Waals surface area contributed by atoms with Gasteiger partial charge in [-0.15, -0.1) is 0 Å². The van der Waals surface area contributed by atoms with Crippen LogP contribution in [0.4, 0.5) is 0 Å². The second-order valence-electron chi connectivity index (χ2n) is 2.71. The van der Waals surface area contributed by atoms with E-state index in [0.717, 1.165) is 0 Å². The van der Waals surface area contributed by atoms with Crippen LogP contribution in [-0.4, -0.2) is 12.3 Å². The summed E-state index contributed by atoms with van der Waals surface area (Å²) in [5.41, 5.74) is 0. The molecule has 56 valence electrons. The smallest absolute Gasteiger partial charge is 0.799 e. The molecule has 0 aliphatic carbocycles. The van der Waals surface area contributed by atoms with Gasteiger partial charge in [-0.25, -0.2) is 0 Å². The maximum atomic E-state index is 10.8. The molecule has 0 spiro atoms. The molecular weight excluding hydrogens is 158 g/mol. The first-order chi connectivity index (χ1) is 3.98. The quantitative estimate of drug-likeness (QED) is 0.376. The average molecular weight is 172 g/mol. The molecule has 1 unspecified atom stereocenters. The van der Waals surface area contributed by atoms with Gasteiger partial charge in [-0.1, -0.05) is 20.8 Å². The zero-order valence-electron chi connectivity index (χ0n) is 7.26. The van der Waals surface area contributed by atoms with Crippen molar-refractivity contribution in [3.05, 3.63) is 0 Å². The second kappa shape index (κ2) is 5.79. The molecule has 10 heavy (non-hydrogen) atoms. The predicted octanol–water partition coefficient (Wildman–Crippen LogP) is -1.70. The predicted molar refractivity (Wildman–Crippen MR) is 37.9 cm³/mol. The van der Waals surface area contributed by atoms with E-state index in [4.69, 9.17) is 0 Å². The molecule has 0 N–H and O–H groups in total. The van der Waals surface area contributed by atoms with Crippen molar-refractivity contribution < 1.29 is 39.0 Å². The third-order valence-electron chi connectivity index (χ3n) is 1.13. The monoisotopic (exact) mass is 172 g/mol. The van der Waals surface area contributed by atoms with Crippen LogP contribution in [0.15, 0.2) is 0 Å². The summed E-state index contributed by atoms with van der Waals surface area (Å²) >= 11 is 0. The molecule has 0 aromatic rings. The van der Waals surface area contributed by atoms with Crippen molar-refractivity contribution in [2.45, 2.75) is 20.8 Å². The molecule has 0 aromatic heterocycles. The molecule has 1 atom stereocenters. The Balaban J connectivity index is 0. The van der Waals surface area contributed by atoms with Crippen molar-refractivity contribution in [3.63, 3.8) is 0 Å². The van der Waals surface area contributed by atoms with Crippen LogP contribution in [-0.2, 0) is 4.57 Å². The Morgan fingerprint density at radius 2 is 1.90 bits per heavy atom. The van der Waals surface area contributed by atoms with Gasteiger partial charge in [0.25, 0.3) is 0 Å². The minimum Gasteiger partial charge on any atom is -0.799 e. The number of rotatable bonds is 3. The van der Waals surface area contributed by atoms with Crippen LogP contribution >= 0.6 is 7.37 Å². The Bertz CT molecular complexity index is 125. The first-order valence-electron chi connectivity index (χ1n) is 3.27. The first-order valence-corrected chi connectivity index (χ1v) is 5.26. The summed E-state index contributed by atoms with van der Waals surface area (Å²) in [7, 11) is -2.98. The van der Waals surface area contributed by atoms with Gasteiger partial charge in [0, 0.05) is 7.37 Å². The van der Waals surface area contributed by atoms with Crippen molar-refractivity contribution in [2.24, 2.45) is 5.92 Å². The molecule has 0 rings (SSSR count). The van der Waals surface area contributed by atoms with E-state index in [2.05, 4.69) is 0 Å². The third-order valence-corrected chi connectivity index (χ3v) is 3.38. The van der Waals surface area contributed by atoms with E-state index in [9.17, 15) is 9.46 Å². The summed E-state index contributed by atoms with van der Waals surface area (Å²) in [5.74, 6) is 0.272. The minimum absolute atomic E-state index is 0. The van der Waals surface area contributed by atoms with Crippen molar-refractivity contribution in [2.75, 3.05) is 12.3 Å². The fourth-order valence-electron chi connectivity index (χ4n) is 0.685. The van der Waals surface area contributed by atoms with Gasteiger partial charge in [-0.2, -0.15) is 0 Å². The van der Waals surface area contributed by atoms with Crippen LogP contribution in [0, 0.1) is 5.92 Å². The van der Waals surface area contributed by atoms with Gasteiger partial charge in [-0.3, -0.25) is 0 Å². The normalized spacial score (nSPS) is 16.1. The van der Waals surface area contributed by atoms with Crippen LogP contribution in [0.2, 0.25) is 0 Å². The Morgan fingerprint density at radius 1 is 1.50 bits per heavy atom. The summed E-state index contributed by atoms with van der Waals surface area (Å²) in [6.07, 6.45) is 0.648. The summed E-state index contributed by atoms with van der Waals surface area (Å²) in [6.45, 7) is 5.52. The van der Waals surface area contributed by atoms with E-state index in [-0.39, 0.29) is 35.5 Å². The van der Waals surface area contributed by atoms with Crippen molar-refractivity contribution in [3.8, 4) is 0 Å². The van der Waals surface area contributed by atoms with Crippen LogP contribution in [0.1, 0.15) is 20.8 Å². The number of hydrogen-bond donors (Lipinski definition) is 0. The molecule has 0 heterocycles. The van der Waals surface area contributed by atoms with Crippen molar-refractivity contribution in [1.82, 2.24) is 0 Å². The number of hydrogen-bond acceptors (Lipinski definition) is 2. The maximum Gasteiger partial charge on any atom is 1.00 e. The largest absolute Gasteiger partial charge is 1.00 e. The van der Waals surface area contributed by atoms with E-state index in [0.29, 0.717) is 12.3 Å². The molecule has 0 amide bonds. The van der Waals surface area contributed by atoms with Crippen LogP contribution < -0.4 is 34.5 Å². The molecule has 0 aromatic carbocycles.